The minimum absolute atomic E-state index is 0.799. The van der Waals surface area contributed by atoms with Crippen molar-refractivity contribution in [2.75, 3.05) is 13.1 Å². The smallest absolute Gasteiger partial charge is 0.0682 e. The van der Waals surface area contributed by atoms with E-state index < -0.39 is 0 Å². The van der Waals surface area contributed by atoms with Gasteiger partial charge in [-0.05, 0) is 62.9 Å². The maximum Gasteiger partial charge on any atom is 0.0682 e. The summed E-state index contributed by atoms with van der Waals surface area (Å²) in [5.74, 6) is 0.799. The summed E-state index contributed by atoms with van der Waals surface area (Å²) in [6, 6.07) is 6.80. The van der Waals surface area contributed by atoms with Crippen molar-refractivity contribution in [3.63, 3.8) is 0 Å². The van der Waals surface area contributed by atoms with Crippen LogP contribution in [0.1, 0.15) is 24.1 Å². The highest BCUT2D eigenvalue weighted by Gasteiger charge is 2.14. The summed E-state index contributed by atoms with van der Waals surface area (Å²) < 4.78 is 1.97. The van der Waals surface area contributed by atoms with Crippen molar-refractivity contribution in [3.05, 3.63) is 29.5 Å². The van der Waals surface area contributed by atoms with Gasteiger partial charge in [-0.15, -0.1) is 0 Å². The largest absolute Gasteiger partial charge is 0.316 e. The summed E-state index contributed by atoms with van der Waals surface area (Å²) in [6.07, 6.45) is 3.87. The van der Waals surface area contributed by atoms with Gasteiger partial charge >= 0.3 is 0 Å². The summed E-state index contributed by atoms with van der Waals surface area (Å²) in [6.45, 7) is 4.45. The topological polar surface area (TPSA) is 29.9 Å². The van der Waals surface area contributed by atoms with Gasteiger partial charge in [-0.25, -0.2) is 0 Å². The molecule has 1 fully saturated rings. The van der Waals surface area contributed by atoms with Crippen molar-refractivity contribution in [1.82, 2.24) is 15.1 Å². The van der Waals surface area contributed by atoms with Gasteiger partial charge in [0.1, 0.15) is 0 Å². The molecular formula is C15H21N3. The van der Waals surface area contributed by atoms with Crippen LogP contribution in [0, 0.1) is 12.8 Å². The number of hydrogen-bond donors (Lipinski definition) is 1. The van der Waals surface area contributed by atoms with E-state index in [4.69, 9.17) is 0 Å². The van der Waals surface area contributed by atoms with E-state index >= 15 is 0 Å². The third kappa shape index (κ3) is 2.15. The van der Waals surface area contributed by atoms with Crippen molar-refractivity contribution in [1.29, 1.82) is 0 Å². The van der Waals surface area contributed by atoms with E-state index in [1.54, 1.807) is 0 Å². The van der Waals surface area contributed by atoms with E-state index in [1.807, 2.05) is 11.7 Å². The predicted molar refractivity (Wildman–Crippen MR) is 74.7 cm³/mol. The van der Waals surface area contributed by atoms with Crippen molar-refractivity contribution in [3.8, 4) is 0 Å². The van der Waals surface area contributed by atoms with E-state index in [0.29, 0.717) is 0 Å². The third-order valence-corrected chi connectivity index (χ3v) is 4.02. The van der Waals surface area contributed by atoms with E-state index in [-0.39, 0.29) is 0 Å². The number of nitrogens with zero attached hydrogens (tertiary/aromatic N) is 2. The zero-order chi connectivity index (χ0) is 12.5. The number of aryl methyl sites for hydroxylation is 2. The Morgan fingerprint density at radius 2 is 2.33 bits per heavy atom. The molecule has 1 unspecified atom stereocenters. The highest BCUT2D eigenvalue weighted by atomic mass is 15.3. The Hall–Kier alpha value is -1.35. The van der Waals surface area contributed by atoms with Gasteiger partial charge in [0.15, 0.2) is 0 Å². The summed E-state index contributed by atoms with van der Waals surface area (Å²) >= 11 is 0. The fourth-order valence-corrected chi connectivity index (χ4v) is 3.05. The standard InChI is InChI=1S/C15H21N3/c1-11-14-9-12(5-6-15(14)18(2)17-11)8-13-4-3-7-16-10-13/h5-6,9,13,16H,3-4,7-8,10H2,1-2H3. The zero-order valence-corrected chi connectivity index (χ0v) is 11.2. The molecule has 18 heavy (non-hydrogen) atoms. The highest BCUT2D eigenvalue weighted by Crippen LogP contribution is 2.22. The summed E-state index contributed by atoms with van der Waals surface area (Å²) in [7, 11) is 2.01. The number of fused-ring (bicyclic) bond motifs is 1. The summed E-state index contributed by atoms with van der Waals surface area (Å²) in [5.41, 5.74) is 3.82. The number of piperidine rings is 1. The first kappa shape index (κ1) is 11.7. The number of benzene rings is 1. The first-order valence-corrected chi connectivity index (χ1v) is 6.87. The molecule has 1 atom stereocenters. The summed E-state index contributed by atoms with van der Waals surface area (Å²) in [5, 5.41) is 9.28. The van der Waals surface area contributed by atoms with Crippen LogP contribution < -0.4 is 5.32 Å². The molecule has 1 aromatic carbocycles. The molecule has 1 aliphatic heterocycles. The van der Waals surface area contributed by atoms with Crippen molar-refractivity contribution < 1.29 is 0 Å². The second-order valence-electron chi connectivity index (χ2n) is 5.48. The molecule has 3 heteroatoms. The van der Waals surface area contributed by atoms with Crippen LogP contribution in [0.15, 0.2) is 18.2 Å². The van der Waals surface area contributed by atoms with Crippen LogP contribution in [0.4, 0.5) is 0 Å². The SMILES string of the molecule is Cc1nn(C)c2ccc(CC3CCCNC3)cc12. The molecule has 1 aromatic heterocycles. The van der Waals surface area contributed by atoms with Crippen LogP contribution in [-0.4, -0.2) is 22.9 Å². The number of hydrogen-bond acceptors (Lipinski definition) is 2. The molecule has 1 saturated heterocycles. The Balaban J connectivity index is 1.86. The first-order valence-electron chi connectivity index (χ1n) is 6.87. The van der Waals surface area contributed by atoms with Crippen LogP contribution in [0.5, 0.6) is 0 Å². The van der Waals surface area contributed by atoms with E-state index in [1.165, 1.54) is 48.8 Å². The molecule has 2 heterocycles. The molecule has 0 amide bonds. The highest BCUT2D eigenvalue weighted by molar-refractivity contribution is 5.82. The minimum Gasteiger partial charge on any atom is -0.316 e. The van der Waals surface area contributed by atoms with E-state index in [2.05, 4.69) is 35.5 Å². The normalized spacial score (nSPS) is 20.4. The van der Waals surface area contributed by atoms with Gasteiger partial charge in [-0.3, -0.25) is 4.68 Å². The lowest BCUT2D eigenvalue weighted by Gasteiger charge is -2.22. The van der Waals surface area contributed by atoms with Crippen LogP contribution in [0.3, 0.4) is 0 Å². The van der Waals surface area contributed by atoms with Gasteiger partial charge in [0, 0.05) is 12.4 Å². The quantitative estimate of drug-likeness (QED) is 0.878. The number of nitrogens with one attached hydrogen (secondary N) is 1. The molecule has 0 spiro atoms. The van der Waals surface area contributed by atoms with Crippen LogP contribution in [0.2, 0.25) is 0 Å². The second kappa shape index (κ2) is 4.73. The average Bonchev–Trinajstić information content (AvgIpc) is 2.66. The summed E-state index contributed by atoms with van der Waals surface area (Å²) in [4.78, 5) is 0. The molecule has 2 aromatic rings. The van der Waals surface area contributed by atoms with Crippen molar-refractivity contribution in [2.45, 2.75) is 26.2 Å². The van der Waals surface area contributed by atoms with Gasteiger partial charge in [0.05, 0.1) is 11.2 Å². The van der Waals surface area contributed by atoms with Gasteiger partial charge < -0.3 is 5.32 Å². The fourth-order valence-electron chi connectivity index (χ4n) is 3.05. The average molecular weight is 243 g/mol. The Kier molecular flexibility index (Phi) is 3.08. The van der Waals surface area contributed by atoms with Crippen LogP contribution in [0.25, 0.3) is 10.9 Å². The van der Waals surface area contributed by atoms with E-state index in [0.717, 1.165) is 11.6 Å². The minimum atomic E-state index is 0.799. The van der Waals surface area contributed by atoms with Gasteiger partial charge in [-0.2, -0.15) is 5.10 Å². The maximum absolute atomic E-state index is 4.48. The molecule has 0 radical (unpaired) electrons. The first-order chi connectivity index (χ1) is 8.74. The molecule has 3 rings (SSSR count). The molecule has 3 nitrogen and oxygen atoms in total. The Morgan fingerprint density at radius 1 is 1.44 bits per heavy atom. The molecule has 0 bridgehead atoms. The Morgan fingerprint density at radius 3 is 3.11 bits per heavy atom. The lowest BCUT2D eigenvalue weighted by Crippen LogP contribution is -2.30. The van der Waals surface area contributed by atoms with E-state index in [9.17, 15) is 0 Å². The lowest BCUT2D eigenvalue weighted by molar-refractivity contribution is 0.376. The predicted octanol–water partition coefficient (Wildman–Crippen LogP) is 2.42. The number of rotatable bonds is 2. The monoisotopic (exact) mass is 243 g/mol. The maximum atomic E-state index is 4.48. The molecule has 0 aliphatic carbocycles. The van der Waals surface area contributed by atoms with Gasteiger partial charge in [0.2, 0.25) is 0 Å². The van der Waals surface area contributed by atoms with Gasteiger partial charge in [0.25, 0.3) is 0 Å². The number of aromatic nitrogens is 2. The van der Waals surface area contributed by atoms with Gasteiger partial charge in [-0.1, -0.05) is 6.07 Å². The molecular weight excluding hydrogens is 222 g/mol. The van der Waals surface area contributed by atoms with Crippen molar-refractivity contribution in [2.24, 2.45) is 13.0 Å². The lowest BCUT2D eigenvalue weighted by atomic mass is 9.92. The van der Waals surface area contributed by atoms with Crippen LogP contribution >= 0.6 is 0 Å². The molecule has 0 saturated carbocycles. The Labute approximate surface area is 108 Å². The van der Waals surface area contributed by atoms with Crippen molar-refractivity contribution >= 4 is 10.9 Å². The molecule has 1 N–H and O–H groups in total. The second-order valence-corrected chi connectivity index (χ2v) is 5.48. The molecule has 1 aliphatic rings. The van der Waals surface area contributed by atoms with Crippen LogP contribution in [-0.2, 0) is 13.5 Å². The fraction of sp³-hybridized carbons (Fsp3) is 0.533. The molecule has 96 valence electrons. The Bertz CT molecular complexity index is 550. The third-order valence-electron chi connectivity index (χ3n) is 4.02. The zero-order valence-electron chi connectivity index (χ0n) is 11.2.